The summed E-state index contributed by atoms with van der Waals surface area (Å²) in [5.74, 6) is 0.743. The standard InChI is InChI=1S/C21H29N3O3S/c1-21(2,3)27-20(25)24-13-6-4-7-14(11-10-13)26-18-17-15-8-5-9-16(15)28-19(17)23-12-22-18/h12-14H,4-11H2,1-3H3,(H,24,25). The van der Waals surface area contributed by atoms with Gasteiger partial charge in [-0.15, -0.1) is 11.3 Å². The number of nitrogens with zero attached hydrogens (tertiary/aromatic N) is 2. The van der Waals surface area contributed by atoms with Gasteiger partial charge in [-0.2, -0.15) is 0 Å². The number of rotatable bonds is 3. The number of nitrogens with one attached hydrogen (secondary N) is 1. The minimum atomic E-state index is -0.473. The fourth-order valence-corrected chi connectivity index (χ4v) is 5.37. The molecule has 28 heavy (non-hydrogen) atoms. The van der Waals surface area contributed by atoms with E-state index in [2.05, 4.69) is 15.3 Å². The van der Waals surface area contributed by atoms with E-state index in [9.17, 15) is 4.79 Å². The van der Waals surface area contributed by atoms with Crippen LogP contribution in [0.1, 0.15) is 69.7 Å². The molecule has 0 aromatic carbocycles. The second-order valence-electron chi connectivity index (χ2n) is 8.81. The lowest BCUT2D eigenvalue weighted by molar-refractivity contribution is 0.0498. The van der Waals surface area contributed by atoms with Crippen molar-refractivity contribution in [2.75, 3.05) is 0 Å². The zero-order chi connectivity index (χ0) is 19.7. The Morgan fingerprint density at radius 3 is 2.82 bits per heavy atom. The number of ether oxygens (including phenoxy) is 2. The molecule has 2 aromatic heterocycles. The van der Waals surface area contributed by atoms with Gasteiger partial charge in [0.25, 0.3) is 0 Å². The summed E-state index contributed by atoms with van der Waals surface area (Å²) in [4.78, 5) is 23.5. The molecule has 0 bridgehead atoms. The molecule has 2 aliphatic rings. The van der Waals surface area contributed by atoms with Gasteiger partial charge in [-0.3, -0.25) is 0 Å². The van der Waals surface area contributed by atoms with Crippen molar-refractivity contribution in [2.24, 2.45) is 0 Å². The molecular formula is C21H29N3O3S. The monoisotopic (exact) mass is 403 g/mol. The Morgan fingerprint density at radius 1 is 1.14 bits per heavy atom. The van der Waals surface area contributed by atoms with Gasteiger partial charge in [-0.25, -0.2) is 14.8 Å². The van der Waals surface area contributed by atoms with Gasteiger partial charge in [0.2, 0.25) is 5.88 Å². The number of aryl methyl sites for hydroxylation is 2. The SMILES string of the molecule is CC(C)(C)OC(=O)NC1CCCC(Oc2ncnc3sc4c(c23)CCC4)CC1. The first-order valence-electron chi connectivity index (χ1n) is 10.3. The minimum Gasteiger partial charge on any atom is -0.474 e. The molecule has 1 fully saturated rings. The lowest BCUT2D eigenvalue weighted by atomic mass is 10.1. The highest BCUT2D eigenvalue weighted by atomic mass is 32.1. The molecule has 0 aliphatic heterocycles. The van der Waals surface area contributed by atoms with Crippen molar-refractivity contribution in [3.63, 3.8) is 0 Å². The highest BCUT2D eigenvalue weighted by Gasteiger charge is 2.26. The molecule has 1 N–H and O–H groups in total. The van der Waals surface area contributed by atoms with Crippen molar-refractivity contribution in [3.05, 3.63) is 16.8 Å². The Morgan fingerprint density at radius 2 is 2.00 bits per heavy atom. The first-order chi connectivity index (χ1) is 13.4. The van der Waals surface area contributed by atoms with Crippen LogP contribution in [0, 0.1) is 0 Å². The number of fused-ring (bicyclic) bond motifs is 3. The fourth-order valence-electron chi connectivity index (χ4n) is 4.15. The van der Waals surface area contributed by atoms with Crippen LogP contribution < -0.4 is 10.1 Å². The third kappa shape index (κ3) is 4.40. The Bertz CT molecular complexity index is 858. The average molecular weight is 404 g/mol. The second kappa shape index (κ2) is 7.85. The van der Waals surface area contributed by atoms with Gasteiger partial charge in [-0.1, -0.05) is 0 Å². The van der Waals surface area contributed by atoms with Gasteiger partial charge in [0, 0.05) is 10.9 Å². The quantitative estimate of drug-likeness (QED) is 0.746. The number of carbonyl (C=O) groups excluding carboxylic acids is 1. The van der Waals surface area contributed by atoms with E-state index >= 15 is 0 Å². The van der Waals surface area contributed by atoms with E-state index < -0.39 is 5.60 Å². The van der Waals surface area contributed by atoms with E-state index in [-0.39, 0.29) is 18.2 Å². The number of hydrogen-bond donors (Lipinski definition) is 1. The summed E-state index contributed by atoms with van der Waals surface area (Å²) >= 11 is 1.79. The van der Waals surface area contributed by atoms with Crippen LogP contribution in [0.2, 0.25) is 0 Å². The maximum absolute atomic E-state index is 12.1. The van der Waals surface area contributed by atoms with Crippen molar-refractivity contribution in [1.82, 2.24) is 15.3 Å². The number of aromatic nitrogens is 2. The summed E-state index contributed by atoms with van der Waals surface area (Å²) < 4.78 is 11.8. The molecular weight excluding hydrogens is 374 g/mol. The fraction of sp³-hybridized carbons (Fsp3) is 0.667. The van der Waals surface area contributed by atoms with Gasteiger partial charge in [-0.05, 0) is 77.7 Å². The Kier molecular flexibility index (Phi) is 5.45. The molecule has 1 saturated carbocycles. The van der Waals surface area contributed by atoms with Crippen LogP contribution in [0.3, 0.4) is 0 Å². The molecule has 6 nitrogen and oxygen atoms in total. The van der Waals surface area contributed by atoms with E-state index in [4.69, 9.17) is 9.47 Å². The molecule has 7 heteroatoms. The zero-order valence-electron chi connectivity index (χ0n) is 16.9. The number of thiophene rings is 1. The van der Waals surface area contributed by atoms with Crippen LogP contribution in [0.4, 0.5) is 4.79 Å². The molecule has 152 valence electrons. The summed E-state index contributed by atoms with van der Waals surface area (Å²) in [6, 6.07) is 0.138. The first-order valence-corrected chi connectivity index (χ1v) is 11.1. The maximum atomic E-state index is 12.1. The Labute approximate surface area is 170 Å². The van der Waals surface area contributed by atoms with Crippen LogP contribution in [0.25, 0.3) is 10.2 Å². The van der Waals surface area contributed by atoms with Gasteiger partial charge in [0.15, 0.2) is 0 Å². The summed E-state index contributed by atoms with van der Waals surface area (Å²) in [5.41, 5.74) is 0.924. The predicted octanol–water partition coefficient (Wildman–Crippen LogP) is 4.78. The van der Waals surface area contributed by atoms with E-state index in [0.29, 0.717) is 0 Å². The molecule has 2 heterocycles. The van der Waals surface area contributed by atoms with Gasteiger partial charge >= 0.3 is 6.09 Å². The largest absolute Gasteiger partial charge is 0.474 e. The van der Waals surface area contributed by atoms with E-state index in [1.165, 1.54) is 16.9 Å². The number of amides is 1. The molecule has 2 aliphatic carbocycles. The summed E-state index contributed by atoms with van der Waals surface area (Å²) in [6.07, 6.45) is 9.61. The number of hydrogen-bond acceptors (Lipinski definition) is 6. The van der Waals surface area contributed by atoms with Gasteiger partial charge in [0.05, 0.1) is 5.39 Å². The summed E-state index contributed by atoms with van der Waals surface area (Å²) in [6.45, 7) is 5.65. The van der Waals surface area contributed by atoms with Crippen molar-refractivity contribution < 1.29 is 14.3 Å². The summed E-state index contributed by atoms with van der Waals surface area (Å²) in [5, 5.41) is 4.15. The Balaban J connectivity index is 1.39. The van der Waals surface area contributed by atoms with Gasteiger partial charge < -0.3 is 14.8 Å². The lowest BCUT2D eigenvalue weighted by Gasteiger charge is -2.23. The van der Waals surface area contributed by atoms with Crippen LogP contribution in [-0.4, -0.2) is 33.8 Å². The third-order valence-electron chi connectivity index (χ3n) is 5.38. The normalized spacial score (nSPS) is 22.5. The first kappa shape index (κ1) is 19.4. The highest BCUT2D eigenvalue weighted by molar-refractivity contribution is 7.18. The zero-order valence-corrected chi connectivity index (χ0v) is 17.7. The predicted molar refractivity (Wildman–Crippen MR) is 110 cm³/mol. The van der Waals surface area contributed by atoms with Crippen molar-refractivity contribution in [1.29, 1.82) is 0 Å². The molecule has 2 atom stereocenters. The molecule has 0 saturated heterocycles. The van der Waals surface area contributed by atoms with Crippen LogP contribution in [-0.2, 0) is 17.6 Å². The number of alkyl carbamates (subject to hydrolysis) is 1. The van der Waals surface area contributed by atoms with Crippen LogP contribution in [0.5, 0.6) is 5.88 Å². The second-order valence-corrected chi connectivity index (χ2v) is 9.89. The average Bonchev–Trinajstić information content (AvgIpc) is 3.11. The lowest BCUT2D eigenvalue weighted by Crippen LogP contribution is -2.39. The smallest absolute Gasteiger partial charge is 0.407 e. The molecule has 2 unspecified atom stereocenters. The van der Waals surface area contributed by atoms with Crippen molar-refractivity contribution >= 4 is 27.6 Å². The van der Waals surface area contributed by atoms with Crippen LogP contribution in [0.15, 0.2) is 6.33 Å². The highest BCUT2D eigenvalue weighted by Crippen LogP contribution is 2.40. The maximum Gasteiger partial charge on any atom is 0.407 e. The van der Waals surface area contributed by atoms with Crippen molar-refractivity contribution in [2.45, 2.75) is 89.9 Å². The van der Waals surface area contributed by atoms with Gasteiger partial charge in [0.1, 0.15) is 22.9 Å². The molecule has 4 rings (SSSR count). The molecule has 0 radical (unpaired) electrons. The minimum absolute atomic E-state index is 0.125. The van der Waals surface area contributed by atoms with E-state index in [1.807, 2.05) is 20.8 Å². The topological polar surface area (TPSA) is 73.3 Å². The van der Waals surface area contributed by atoms with Crippen molar-refractivity contribution in [3.8, 4) is 5.88 Å². The van der Waals surface area contributed by atoms with Crippen LogP contribution >= 0.6 is 11.3 Å². The summed E-state index contributed by atoms with van der Waals surface area (Å²) in [7, 11) is 0. The molecule has 1 amide bonds. The molecule has 0 spiro atoms. The Hall–Kier alpha value is -1.89. The third-order valence-corrected chi connectivity index (χ3v) is 6.58. The van der Waals surface area contributed by atoms with E-state index in [1.54, 1.807) is 17.7 Å². The van der Waals surface area contributed by atoms with E-state index in [0.717, 1.165) is 61.0 Å². The molecule has 2 aromatic rings. The number of carbonyl (C=O) groups is 1.